The van der Waals surface area contributed by atoms with E-state index in [1.165, 1.54) is 12.1 Å². The van der Waals surface area contributed by atoms with Gasteiger partial charge in [-0.25, -0.2) is 4.39 Å². The van der Waals surface area contributed by atoms with Crippen LogP contribution in [0.3, 0.4) is 0 Å². The molecule has 5 heteroatoms. The van der Waals surface area contributed by atoms with E-state index < -0.39 is 0 Å². The molecule has 4 nitrogen and oxygen atoms in total. The summed E-state index contributed by atoms with van der Waals surface area (Å²) in [6.45, 7) is 6.83. The molecule has 0 radical (unpaired) electrons. The number of aromatic nitrogens is 2. The fraction of sp³-hybridized carbons (Fsp3) is 0.333. The van der Waals surface area contributed by atoms with Crippen LogP contribution < -0.4 is 5.32 Å². The highest BCUT2D eigenvalue weighted by molar-refractivity contribution is 5.98. The molecule has 0 bridgehead atoms. The molecule has 0 aliphatic heterocycles. The number of amides is 1. The second-order valence-electron chi connectivity index (χ2n) is 7.21. The lowest BCUT2D eigenvalue weighted by molar-refractivity contribution is 0.0936. The van der Waals surface area contributed by atoms with Crippen molar-refractivity contribution in [2.75, 3.05) is 0 Å². The third-order valence-electron chi connectivity index (χ3n) is 4.35. The van der Waals surface area contributed by atoms with Gasteiger partial charge in [-0.2, -0.15) is 5.10 Å². The van der Waals surface area contributed by atoms with E-state index in [9.17, 15) is 9.18 Å². The molecule has 2 aromatic carbocycles. The average Bonchev–Trinajstić information content (AvgIpc) is 2.98. The van der Waals surface area contributed by atoms with E-state index in [2.05, 4.69) is 24.3 Å². The topological polar surface area (TPSA) is 46.9 Å². The molecular formula is C21H24FN3O. The maximum atomic E-state index is 13.1. The molecule has 1 aromatic heterocycles. The lowest BCUT2D eigenvalue weighted by Gasteiger charge is -2.16. The van der Waals surface area contributed by atoms with Crippen LogP contribution in [-0.4, -0.2) is 21.7 Å². The Bertz CT molecular complexity index is 899. The molecule has 26 heavy (non-hydrogen) atoms. The molecular weight excluding hydrogens is 329 g/mol. The zero-order valence-electron chi connectivity index (χ0n) is 15.4. The molecule has 0 unspecified atom stereocenters. The number of hydrogen-bond donors (Lipinski definition) is 1. The number of hydrogen-bond acceptors (Lipinski definition) is 2. The summed E-state index contributed by atoms with van der Waals surface area (Å²) < 4.78 is 14.9. The average molecular weight is 353 g/mol. The fourth-order valence-corrected chi connectivity index (χ4v) is 3.17. The van der Waals surface area contributed by atoms with Crippen LogP contribution in [0.5, 0.6) is 0 Å². The smallest absolute Gasteiger partial charge is 0.251 e. The van der Waals surface area contributed by atoms with Crippen LogP contribution in [0.2, 0.25) is 0 Å². The normalized spacial score (nSPS) is 12.5. The van der Waals surface area contributed by atoms with Crippen LogP contribution in [0.4, 0.5) is 4.39 Å². The van der Waals surface area contributed by atoms with Gasteiger partial charge in [-0.1, -0.05) is 32.0 Å². The summed E-state index contributed by atoms with van der Waals surface area (Å²) in [4.78, 5) is 12.5. The maximum Gasteiger partial charge on any atom is 0.251 e. The molecule has 0 aliphatic carbocycles. The standard InChI is InChI=1S/C21H24FN3O/c1-14(2)10-15(3)24-21(26)17-6-7-18-12-23-25(20(18)11-17)13-16-4-8-19(22)9-5-16/h4-9,11-12,14-15H,10,13H2,1-3H3,(H,24,26)/t15-/m0/s1. The zero-order valence-corrected chi connectivity index (χ0v) is 15.4. The van der Waals surface area contributed by atoms with Crippen LogP contribution in [0.25, 0.3) is 10.9 Å². The summed E-state index contributed by atoms with van der Waals surface area (Å²) in [7, 11) is 0. The Hall–Kier alpha value is -2.69. The summed E-state index contributed by atoms with van der Waals surface area (Å²) in [5.41, 5.74) is 2.46. The molecule has 1 atom stereocenters. The number of rotatable bonds is 6. The van der Waals surface area contributed by atoms with E-state index >= 15 is 0 Å². The molecule has 0 fully saturated rings. The Balaban J connectivity index is 1.81. The quantitative estimate of drug-likeness (QED) is 0.714. The second kappa shape index (κ2) is 7.68. The Morgan fingerprint density at radius 3 is 2.58 bits per heavy atom. The van der Waals surface area contributed by atoms with Crippen molar-refractivity contribution in [2.45, 2.75) is 39.8 Å². The van der Waals surface area contributed by atoms with Gasteiger partial charge in [0.15, 0.2) is 0 Å². The SMILES string of the molecule is CC(C)C[C@H](C)NC(=O)c1ccc2cnn(Cc3ccc(F)cc3)c2c1. The highest BCUT2D eigenvalue weighted by atomic mass is 19.1. The molecule has 1 amide bonds. The van der Waals surface area contributed by atoms with Gasteiger partial charge in [0, 0.05) is 17.0 Å². The Kier molecular flexibility index (Phi) is 5.35. The summed E-state index contributed by atoms with van der Waals surface area (Å²) >= 11 is 0. The number of carbonyl (C=O) groups excluding carboxylic acids is 1. The summed E-state index contributed by atoms with van der Waals surface area (Å²) in [5.74, 6) is 0.202. The Morgan fingerprint density at radius 1 is 1.15 bits per heavy atom. The third-order valence-corrected chi connectivity index (χ3v) is 4.35. The number of nitrogens with zero attached hydrogens (tertiary/aromatic N) is 2. The summed E-state index contributed by atoms with van der Waals surface area (Å²) in [6.07, 6.45) is 2.72. The van der Waals surface area contributed by atoms with Crippen molar-refractivity contribution in [1.82, 2.24) is 15.1 Å². The zero-order chi connectivity index (χ0) is 18.7. The number of carbonyl (C=O) groups is 1. The number of halogens is 1. The molecule has 1 heterocycles. The van der Waals surface area contributed by atoms with Crippen LogP contribution in [0, 0.1) is 11.7 Å². The van der Waals surface area contributed by atoms with Crippen molar-refractivity contribution in [2.24, 2.45) is 5.92 Å². The van der Waals surface area contributed by atoms with E-state index in [4.69, 9.17) is 0 Å². The van der Waals surface area contributed by atoms with Gasteiger partial charge in [0.2, 0.25) is 0 Å². The van der Waals surface area contributed by atoms with Gasteiger partial charge in [0.1, 0.15) is 5.82 Å². The van der Waals surface area contributed by atoms with E-state index in [0.717, 1.165) is 22.9 Å². The molecule has 0 saturated carbocycles. The van der Waals surface area contributed by atoms with Crippen LogP contribution in [0.1, 0.15) is 43.1 Å². The van der Waals surface area contributed by atoms with E-state index in [1.54, 1.807) is 18.3 Å². The van der Waals surface area contributed by atoms with Gasteiger partial charge in [0.25, 0.3) is 5.91 Å². The van der Waals surface area contributed by atoms with Crippen molar-refractivity contribution in [1.29, 1.82) is 0 Å². The number of benzene rings is 2. The highest BCUT2D eigenvalue weighted by Crippen LogP contribution is 2.18. The second-order valence-corrected chi connectivity index (χ2v) is 7.21. The number of fused-ring (bicyclic) bond motifs is 1. The summed E-state index contributed by atoms with van der Waals surface area (Å²) in [5, 5.41) is 8.43. The summed E-state index contributed by atoms with van der Waals surface area (Å²) in [6, 6.07) is 12.1. The predicted molar refractivity (Wildman–Crippen MR) is 102 cm³/mol. The molecule has 1 N–H and O–H groups in total. The minimum atomic E-state index is -0.256. The first-order valence-electron chi connectivity index (χ1n) is 8.93. The molecule has 0 spiro atoms. The molecule has 136 valence electrons. The minimum Gasteiger partial charge on any atom is -0.350 e. The molecule has 3 rings (SSSR count). The van der Waals surface area contributed by atoms with Crippen molar-refractivity contribution in [3.63, 3.8) is 0 Å². The Labute approximate surface area is 153 Å². The van der Waals surface area contributed by atoms with Gasteiger partial charge < -0.3 is 5.32 Å². The van der Waals surface area contributed by atoms with Crippen LogP contribution in [-0.2, 0) is 6.54 Å². The van der Waals surface area contributed by atoms with E-state index in [0.29, 0.717) is 18.0 Å². The number of nitrogens with one attached hydrogen (secondary N) is 1. The van der Waals surface area contributed by atoms with Gasteiger partial charge in [-0.05, 0) is 49.1 Å². The van der Waals surface area contributed by atoms with Crippen molar-refractivity contribution < 1.29 is 9.18 Å². The molecule has 3 aromatic rings. The van der Waals surface area contributed by atoms with Gasteiger partial charge in [-0.15, -0.1) is 0 Å². The van der Waals surface area contributed by atoms with E-state index in [-0.39, 0.29) is 17.8 Å². The van der Waals surface area contributed by atoms with Gasteiger partial charge in [0.05, 0.1) is 18.3 Å². The molecule has 0 aliphatic rings. The third kappa shape index (κ3) is 4.28. The largest absolute Gasteiger partial charge is 0.350 e. The van der Waals surface area contributed by atoms with Gasteiger partial charge in [-0.3, -0.25) is 9.48 Å². The van der Waals surface area contributed by atoms with Crippen LogP contribution >= 0.6 is 0 Å². The first-order valence-corrected chi connectivity index (χ1v) is 8.93. The predicted octanol–water partition coefficient (Wildman–Crippen LogP) is 4.39. The van der Waals surface area contributed by atoms with E-state index in [1.807, 2.05) is 29.8 Å². The fourth-order valence-electron chi connectivity index (χ4n) is 3.17. The maximum absolute atomic E-state index is 13.1. The minimum absolute atomic E-state index is 0.0745. The first-order chi connectivity index (χ1) is 12.4. The lowest BCUT2D eigenvalue weighted by atomic mass is 10.0. The van der Waals surface area contributed by atoms with Crippen LogP contribution in [0.15, 0.2) is 48.7 Å². The van der Waals surface area contributed by atoms with Crippen molar-refractivity contribution in [3.8, 4) is 0 Å². The van der Waals surface area contributed by atoms with Crippen molar-refractivity contribution in [3.05, 3.63) is 65.6 Å². The monoisotopic (exact) mass is 353 g/mol. The lowest BCUT2D eigenvalue weighted by Crippen LogP contribution is -2.33. The molecule has 0 saturated heterocycles. The first kappa shape index (κ1) is 18.1. The highest BCUT2D eigenvalue weighted by Gasteiger charge is 2.13. The van der Waals surface area contributed by atoms with Crippen molar-refractivity contribution >= 4 is 16.8 Å². The van der Waals surface area contributed by atoms with Gasteiger partial charge >= 0.3 is 0 Å². The Morgan fingerprint density at radius 2 is 1.88 bits per heavy atom.